The number of rotatable bonds is 5. The third-order valence-corrected chi connectivity index (χ3v) is 5.77. The van der Waals surface area contributed by atoms with E-state index in [0.717, 1.165) is 37.8 Å². The van der Waals surface area contributed by atoms with Crippen LogP contribution in [0.3, 0.4) is 0 Å². The predicted molar refractivity (Wildman–Crippen MR) is 108 cm³/mol. The smallest absolute Gasteiger partial charge is 0.317 e. The number of benzene rings is 1. The van der Waals surface area contributed by atoms with E-state index in [0.29, 0.717) is 25.7 Å². The van der Waals surface area contributed by atoms with Crippen LogP contribution in [0.5, 0.6) is 0 Å². The first-order chi connectivity index (χ1) is 13.2. The molecule has 1 aliphatic heterocycles. The van der Waals surface area contributed by atoms with Crippen LogP contribution in [0.25, 0.3) is 0 Å². The molecule has 3 amide bonds. The molecule has 2 aliphatic rings. The van der Waals surface area contributed by atoms with Crippen LogP contribution in [0.2, 0.25) is 0 Å². The largest absolute Gasteiger partial charge is 0.337 e. The standard InChI is InChI=1S/C22H33N3O2/c1-2-3-7-18-10-12-19(13-11-18)21(26)24-14-6-15-25(17-16-24)22(27)23-20-8-4-5-9-20/h10-13,20H,2-9,14-17H2,1H3,(H,23,27). The van der Waals surface area contributed by atoms with Crippen molar-refractivity contribution in [1.82, 2.24) is 15.1 Å². The van der Waals surface area contributed by atoms with Crippen LogP contribution in [0.4, 0.5) is 4.79 Å². The summed E-state index contributed by atoms with van der Waals surface area (Å²) in [7, 11) is 0. The lowest BCUT2D eigenvalue weighted by Gasteiger charge is -2.24. The molecule has 1 N–H and O–H groups in total. The van der Waals surface area contributed by atoms with Crippen molar-refractivity contribution in [2.75, 3.05) is 26.2 Å². The number of carbonyl (C=O) groups is 2. The Kier molecular flexibility index (Phi) is 7.13. The van der Waals surface area contributed by atoms with Gasteiger partial charge in [-0.15, -0.1) is 0 Å². The Bertz CT molecular complexity index is 623. The highest BCUT2D eigenvalue weighted by Crippen LogP contribution is 2.18. The summed E-state index contributed by atoms with van der Waals surface area (Å²) >= 11 is 0. The predicted octanol–water partition coefficient (Wildman–Crippen LogP) is 3.83. The van der Waals surface area contributed by atoms with Gasteiger partial charge in [-0.2, -0.15) is 0 Å². The number of nitrogens with one attached hydrogen (secondary N) is 1. The molecule has 0 radical (unpaired) electrons. The zero-order valence-electron chi connectivity index (χ0n) is 16.6. The van der Waals surface area contributed by atoms with Crippen molar-refractivity contribution in [3.8, 4) is 0 Å². The fourth-order valence-corrected chi connectivity index (χ4v) is 4.04. The van der Waals surface area contributed by atoms with Gasteiger partial charge in [0.2, 0.25) is 0 Å². The summed E-state index contributed by atoms with van der Waals surface area (Å²) in [6, 6.07) is 8.41. The van der Waals surface area contributed by atoms with Gasteiger partial charge in [-0.25, -0.2) is 4.79 Å². The van der Waals surface area contributed by atoms with Gasteiger partial charge in [0.05, 0.1) is 0 Å². The lowest BCUT2D eigenvalue weighted by Crippen LogP contribution is -2.45. The first-order valence-corrected chi connectivity index (χ1v) is 10.6. The van der Waals surface area contributed by atoms with Gasteiger partial charge in [0, 0.05) is 37.8 Å². The van der Waals surface area contributed by atoms with Crippen LogP contribution >= 0.6 is 0 Å². The Morgan fingerprint density at radius 3 is 2.33 bits per heavy atom. The van der Waals surface area contributed by atoms with Crippen molar-refractivity contribution in [1.29, 1.82) is 0 Å². The molecular weight excluding hydrogens is 338 g/mol. The van der Waals surface area contributed by atoms with Crippen LogP contribution in [-0.4, -0.2) is 54.0 Å². The summed E-state index contributed by atoms with van der Waals surface area (Å²) in [6.45, 7) is 4.84. The molecule has 0 aromatic heterocycles. The topological polar surface area (TPSA) is 52.7 Å². The van der Waals surface area contributed by atoms with Gasteiger partial charge in [0.1, 0.15) is 0 Å². The number of amides is 3. The minimum Gasteiger partial charge on any atom is -0.337 e. The van der Waals surface area contributed by atoms with E-state index >= 15 is 0 Å². The number of unbranched alkanes of at least 4 members (excludes halogenated alkanes) is 1. The molecule has 0 atom stereocenters. The minimum atomic E-state index is 0.0384. The molecular formula is C22H33N3O2. The second-order valence-electron chi connectivity index (χ2n) is 7.86. The fourth-order valence-electron chi connectivity index (χ4n) is 4.04. The highest BCUT2D eigenvalue weighted by molar-refractivity contribution is 5.94. The second kappa shape index (κ2) is 9.77. The molecule has 1 aromatic rings. The summed E-state index contributed by atoms with van der Waals surface area (Å²) in [5.74, 6) is 0.0788. The first kappa shape index (κ1) is 19.7. The molecule has 27 heavy (non-hydrogen) atoms. The third-order valence-electron chi connectivity index (χ3n) is 5.77. The highest BCUT2D eigenvalue weighted by atomic mass is 16.2. The van der Waals surface area contributed by atoms with Gasteiger partial charge in [0.25, 0.3) is 5.91 Å². The molecule has 5 heteroatoms. The maximum Gasteiger partial charge on any atom is 0.317 e. The van der Waals surface area contributed by atoms with Gasteiger partial charge in [-0.05, 0) is 49.8 Å². The molecule has 1 saturated carbocycles. The summed E-state index contributed by atoms with van der Waals surface area (Å²) < 4.78 is 0. The molecule has 2 fully saturated rings. The number of hydrogen-bond donors (Lipinski definition) is 1. The minimum absolute atomic E-state index is 0.0384. The van der Waals surface area contributed by atoms with Gasteiger partial charge < -0.3 is 15.1 Å². The van der Waals surface area contributed by atoms with E-state index in [1.165, 1.54) is 31.2 Å². The Morgan fingerprint density at radius 2 is 1.63 bits per heavy atom. The summed E-state index contributed by atoms with van der Waals surface area (Å²) in [4.78, 5) is 29.1. The van der Waals surface area contributed by atoms with Gasteiger partial charge in [0.15, 0.2) is 0 Å². The van der Waals surface area contributed by atoms with Gasteiger partial charge >= 0.3 is 6.03 Å². The lowest BCUT2D eigenvalue weighted by atomic mass is 10.1. The van der Waals surface area contributed by atoms with E-state index in [9.17, 15) is 9.59 Å². The molecule has 0 unspecified atom stereocenters. The Morgan fingerprint density at radius 1 is 0.963 bits per heavy atom. The lowest BCUT2D eigenvalue weighted by molar-refractivity contribution is 0.0762. The third kappa shape index (κ3) is 5.47. The number of urea groups is 1. The number of aryl methyl sites for hydroxylation is 1. The van der Waals surface area contributed by atoms with Crippen LogP contribution in [-0.2, 0) is 6.42 Å². The van der Waals surface area contributed by atoms with Crippen molar-refractivity contribution in [3.05, 3.63) is 35.4 Å². The van der Waals surface area contributed by atoms with Crippen molar-refractivity contribution in [3.63, 3.8) is 0 Å². The van der Waals surface area contributed by atoms with Crippen LogP contribution in [0.15, 0.2) is 24.3 Å². The summed E-state index contributed by atoms with van der Waals surface area (Å²) in [5, 5.41) is 3.16. The first-order valence-electron chi connectivity index (χ1n) is 10.6. The normalized spacial score (nSPS) is 18.4. The number of nitrogens with zero attached hydrogens (tertiary/aromatic N) is 2. The Hall–Kier alpha value is -2.04. The monoisotopic (exact) mass is 371 g/mol. The molecule has 1 saturated heterocycles. The average molecular weight is 372 g/mol. The van der Waals surface area contributed by atoms with E-state index in [1.807, 2.05) is 21.9 Å². The molecule has 1 heterocycles. The average Bonchev–Trinajstić information content (AvgIpc) is 3.07. The van der Waals surface area contributed by atoms with Gasteiger partial charge in [-0.1, -0.05) is 38.3 Å². The molecule has 3 rings (SSSR count). The Labute approximate surface area is 163 Å². The maximum atomic E-state index is 12.8. The summed E-state index contributed by atoms with van der Waals surface area (Å²) in [5.41, 5.74) is 2.04. The molecule has 148 valence electrons. The quantitative estimate of drug-likeness (QED) is 0.855. The van der Waals surface area contributed by atoms with E-state index in [1.54, 1.807) is 0 Å². The Balaban J connectivity index is 1.52. The van der Waals surface area contributed by atoms with Gasteiger partial charge in [-0.3, -0.25) is 4.79 Å². The van der Waals surface area contributed by atoms with E-state index in [-0.39, 0.29) is 11.9 Å². The second-order valence-corrected chi connectivity index (χ2v) is 7.86. The number of carbonyl (C=O) groups excluding carboxylic acids is 2. The van der Waals surface area contributed by atoms with Crippen molar-refractivity contribution in [2.45, 2.75) is 64.3 Å². The SMILES string of the molecule is CCCCc1ccc(C(=O)N2CCCN(C(=O)NC3CCCC3)CC2)cc1. The van der Waals surface area contributed by atoms with E-state index in [2.05, 4.69) is 24.4 Å². The molecule has 1 aromatic carbocycles. The number of hydrogen-bond acceptors (Lipinski definition) is 2. The molecule has 1 aliphatic carbocycles. The fraction of sp³-hybridized carbons (Fsp3) is 0.636. The van der Waals surface area contributed by atoms with E-state index < -0.39 is 0 Å². The maximum absolute atomic E-state index is 12.8. The zero-order valence-corrected chi connectivity index (χ0v) is 16.6. The van der Waals surface area contributed by atoms with Crippen LogP contribution in [0, 0.1) is 0 Å². The van der Waals surface area contributed by atoms with Crippen molar-refractivity contribution >= 4 is 11.9 Å². The summed E-state index contributed by atoms with van der Waals surface area (Å²) in [6.07, 6.45) is 8.88. The molecule has 0 bridgehead atoms. The zero-order chi connectivity index (χ0) is 19.1. The molecule has 0 spiro atoms. The van der Waals surface area contributed by atoms with E-state index in [4.69, 9.17) is 0 Å². The van der Waals surface area contributed by atoms with Crippen molar-refractivity contribution < 1.29 is 9.59 Å². The van der Waals surface area contributed by atoms with Crippen LogP contribution in [0.1, 0.15) is 67.8 Å². The highest BCUT2D eigenvalue weighted by Gasteiger charge is 2.25. The molecule has 5 nitrogen and oxygen atoms in total. The van der Waals surface area contributed by atoms with Crippen LogP contribution < -0.4 is 5.32 Å². The van der Waals surface area contributed by atoms with Crippen molar-refractivity contribution in [2.24, 2.45) is 0 Å².